The first-order chi connectivity index (χ1) is 10.6. The predicted molar refractivity (Wildman–Crippen MR) is 81.1 cm³/mol. The molecule has 0 aliphatic carbocycles. The second-order valence-electron chi connectivity index (χ2n) is 4.42. The first kappa shape index (κ1) is 15.4. The third-order valence-electron chi connectivity index (χ3n) is 3.10. The average molecular weight is 299 g/mol. The van der Waals surface area contributed by atoms with Crippen molar-refractivity contribution in [2.45, 2.75) is 0 Å². The summed E-state index contributed by atoms with van der Waals surface area (Å²) in [5.41, 5.74) is 0.912. The van der Waals surface area contributed by atoms with Gasteiger partial charge in [0.25, 0.3) is 0 Å². The van der Waals surface area contributed by atoms with Crippen molar-refractivity contribution in [3.63, 3.8) is 0 Å². The molecule has 4 nitrogen and oxygen atoms in total. The highest BCUT2D eigenvalue weighted by Crippen LogP contribution is 2.38. The van der Waals surface area contributed by atoms with E-state index < -0.39 is 5.82 Å². The minimum Gasteiger partial charge on any atom is -0.502 e. The highest BCUT2D eigenvalue weighted by atomic mass is 19.1. The minimum atomic E-state index is -0.479. The number of rotatable bonds is 4. The molecule has 0 aromatic heterocycles. The normalized spacial score (nSPS) is 10.9. The van der Waals surface area contributed by atoms with Crippen molar-refractivity contribution >= 4 is 11.6 Å². The molecule has 0 saturated heterocycles. The molecular formula is C17H14FNO3. The zero-order valence-electron chi connectivity index (χ0n) is 12.1. The molecule has 2 aromatic carbocycles. The summed E-state index contributed by atoms with van der Waals surface area (Å²) in [4.78, 5) is 0. The van der Waals surface area contributed by atoms with E-state index in [1.165, 1.54) is 44.6 Å². The first-order valence-electron chi connectivity index (χ1n) is 6.42. The number of hydrogen-bond acceptors (Lipinski definition) is 4. The number of phenolic OH excluding ortho intramolecular Hbond substituents is 1. The Morgan fingerprint density at radius 3 is 2.27 bits per heavy atom. The van der Waals surface area contributed by atoms with Gasteiger partial charge in [0, 0.05) is 5.56 Å². The molecule has 112 valence electrons. The van der Waals surface area contributed by atoms with Gasteiger partial charge in [0.2, 0.25) is 5.75 Å². The molecule has 0 spiro atoms. The van der Waals surface area contributed by atoms with E-state index in [4.69, 9.17) is 9.47 Å². The number of benzene rings is 2. The number of nitriles is 1. The molecule has 0 aliphatic heterocycles. The van der Waals surface area contributed by atoms with Gasteiger partial charge in [-0.2, -0.15) is 5.26 Å². The molecule has 1 N–H and O–H groups in total. The van der Waals surface area contributed by atoms with Crippen molar-refractivity contribution in [2.75, 3.05) is 14.2 Å². The van der Waals surface area contributed by atoms with Crippen LogP contribution in [0.2, 0.25) is 0 Å². The van der Waals surface area contributed by atoms with Gasteiger partial charge in [0.05, 0.1) is 25.9 Å². The highest BCUT2D eigenvalue weighted by Gasteiger charge is 2.12. The van der Waals surface area contributed by atoms with Gasteiger partial charge in [-0.05, 0) is 29.8 Å². The number of ether oxygens (including phenoxy) is 2. The summed E-state index contributed by atoms with van der Waals surface area (Å²) in [7, 11) is 2.81. The molecule has 0 radical (unpaired) electrons. The summed E-state index contributed by atoms with van der Waals surface area (Å²) >= 11 is 0. The molecule has 0 saturated carbocycles. The zero-order valence-corrected chi connectivity index (χ0v) is 12.1. The van der Waals surface area contributed by atoms with Gasteiger partial charge in [-0.1, -0.05) is 18.2 Å². The monoisotopic (exact) mass is 299 g/mol. The van der Waals surface area contributed by atoms with Crippen LogP contribution >= 0.6 is 0 Å². The maximum Gasteiger partial charge on any atom is 0.200 e. The maximum atomic E-state index is 13.8. The van der Waals surface area contributed by atoms with Crippen LogP contribution in [0.3, 0.4) is 0 Å². The predicted octanol–water partition coefficient (Wildman–Crippen LogP) is 3.61. The molecule has 0 fully saturated rings. The van der Waals surface area contributed by atoms with Crippen LogP contribution in [0.4, 0.5) is 4.39 Å². The van der Waals surface area contributed by atoms with Gasteiger partial charge in [-0.25, -0.2) is 4.39 Å². The number of halogens is 1. The van der Waals surface area contributed by atoms with Crippen molar-refractivity contribution < 1.29 is 19.0 Å². The molecule has 5 heteroatoms. The van der Waals surface area contributed by atoms with Crippen LogP contribution in [0.5, 0.6) is 17.2 Å². The number of phenols is 1. The Morgan fingerprint density at radius 2 is 1.77 bits per heavy atom. The SMILES string of the molecule is COc1cc(C=C(C#N)c2ccccc2F)cc(OC)c1O. The Hall–Kier alpha value is -3.00. The van der Waals surface area contributed by atoms with E-state index in [2.05, 4.69) is 0 Å². The lowest BCUT2D eigenvalue weighted by molar-refractivity contribution is 0.340. The summed E-state index contributed by atoms with van der Waals surface area (Å²) in [5.74, 6) is -0.201. The quantitative estimate of drug-likeness (QED) is 0.692. The number of nitrogens with zero attached hydrogens (tertiary/aromatic N) is 1. The molecule has 0 bridgehead atoms. The van der Waals surface area contributed by atoms with Crippen LogP contribution in [-0.2, 0) is 0 Å². The Labute approximate surface area is 127 Å². The molecule has 0 aliphatic rings. The Bertz CT molecular complexity index is 738. The number of aromatic hydroxyl groups is 1. The van der Waals surface area contributed by atoms with Crippen molar-refractivity contribution in [1.29, 1.82) is 5.26 Å². The molecule has 2 rings (SSSR count). The van der Waals surface area contributed by atoms with Gasteiger partial charge in [0.1, 0.15) is 5.82 Å². The smallest absolute Gasteiger partial charge is 0.200 e. The van der Waals surface area contributed by atoms with Gasteiger partial charge in [-0.15, -0.1) is 0 Å². The van der Waals surface area contributed by atoms with Crippen LogP contribution in [0.1, 0.15) is 11.1 Å². The van der Waals surface area contributed by atoms with Crippen molar-refractivity contribution in [1.82, 2.24) is 0 Å². The van der Waals surface area contributed by atoms with Crippen molar-refractivity contribution in [3.05, 3.63) is 53.3 Å². The summed E-state index contributed by atoms with van der Waals surface area (Å²) in [6.07, 6.45) is 1.50. The van der Waals surface area contributed by atoms with Crippen LogP contribution in [0.25, 0.3) is 11.6 Å². The summed E-state index contributed by atoms with van der Waals surface area (Å²) in [5, 5.41) is 19.1. The van der Waals surface area contributed by atoms with Gasteiger partial charge in [0.15, 0.2) is 11.5 Å². The zero-order chi connectivity index (χ0) is 16.1. The number of allylic oxidation sites excluding steroid dienone is 1. The van der Waals surface area contributed by atoms with E-state index in [1.807, 2.05) is 6.07 Å². The van der Waals surface area contributed by atoms with Crippen molar-refractivity contribution in [2.24, 2.45) is 0 Å². The molecule has 22 heavy (non-hydrogen) atoms. The van der Waals surface area contributed by atoms with Gasteiger partial charge >= 0.3 is 0 Å². The lowest BCUT2D eigenvalue weighted by Crippen LogP contribution is -1.91. The van der Waals surface area contributed by atoms with Gasteiger partial charge < -0.3 is 14.6 Å². The molecule has 0 unspecified atom stereocenters. The van der Waals surface area contributed by atoms with Crippen molar-refractivity contribution in [3.8, 4) is 23.3 Å². The fourth-order valence-electron chi connectivity index (χ4n) is 2.01. The molecule has 0 atom stereocenters. The van der Waals surface area contributed by atoms with E-state index >= 15 is 0 Å². The lowest BCUT2D eigenvalue weighted by atomic mass is 10.0. The number of methoxy groups -OCH3 is 2. The summed E-state index contributed by atoms with van der Waals surface area (Å²) < 4.78 is 23.9. The topological polar surface area (TPSA) is 62.5 Å². The highest BCUT2D eigenvalue weighted by molar-refractivity contribution is 5.90. The maximum absolute atomic E-state index is 13.8. The Balaban J connectivity index is 2.56. The van der Waals surface area contributed by atoms with E-state index in [0.717, 1.165) is 0 Å². The third-order valence-corrected chi connectivity index (χ3v) is 3.10. The van der Waals surface area contributed by atoms with Crippen LogP contribution in [-0.4, -0.2) is 19.3 Å². The summed E-state index contributed by atoms with van der Waals surface area (Å²) in [6, 6.07) is 11.1. The Kier molecular flexibility index (Phi) is 4.64. The van der Waals surface area contributed by atoms with E-state index in [9.17, 15) is 14.8 Å². The average Bonchev–Trinajstić information content (AvgIpc) is 2.54. The van der Waals surface area contributed by atoms with E-state index in [1.54, 1.807) is 12.1 Å². The Morgan fingerprint density at radius 1 is 1.18 bits per heavy atom. The number of hydrogen-bond donors (Lipinski definition) is 1. The lowest BCUT2D eigenvalue weighted by Gasteiger charge is -2.10. The molecule has 2 aromatic rings. The fourth-order valence-corrected chi connectivity index (χ4v) is 2.01. The largest absolute Gasteiger partial charge is 0.502 e. The molecule has 0 amide bonds. The molecule has 0 heterocycles. The second-order valence-corrected chi connectivity index (χ2v) is 4.42. The summed E-state index contributed by atoms with van der Waals surface area (Å²) in [6.45, 7) is 0. The second kappa shape index (κ2) is 6.64. The molecular weight excluding hydrogens is 285 g/mol. The first-order valence-corrected chi connectivity index (χ1v) is 6.42. The third kappa shape index (κ3) is 3.01. The van der Waals surface area contributed by atoms with E-state index in [0.29, 0.717) is 5.56 Å². The van der Waals surface area contributed by atoms with Crippen LogP contribution in [0, 0.1) is 17.1 Å². The van der Waals surface area contributed by atoms with Crippen LogP contribution in [0.15, 0.2) is 36.4 Å². The van der Waals surface area contributed by atoms with Crippen LogP contribution < -0.4 is 9.47 Å². The fraction of sp³-hybridized carbons (Fsp3) is 0.118. The van der Waals surface area contributed by atoms with Gasteiger partial charge in [-0.3, -0.25) is 0 Å². The van der Waals surface area contributed by atoms with E-state index in [-0.39, 0.29) is 28.4 Å². The minimum absolute atomic E-state index is 0.133. The standard InChI is InChI=1S/C17H14FNO3/c1-21-15-8-11(9-16(22-2)17(15)20)7-12(10-19)13-5-3-4-6-14(13)18/h3-9,20H,1-2H3.